The lowest BCUT2D eigenvalue weighted by molar-refractivity contribution is -0.125. The van der Waals surface area contributed by atoms with Crippen molar-refractivity contribution in [3.05, 3.63) is 81.2 Å². The van der Waals surface area contributed by atoms with E-state index in [4.69, 9.17) is 16.4 Å². The molecular formula is C20H15BrClFN4O2. The van der Waals surface area contributed by atoms with Gasteiger partial charge in [-0.3, -0.25) is 9.48 Å². The molecule has 2 aromatic carbocycles. The quantitative estimate of drug-likeness (QED) is 0.583. The molecule has 1 aliphatic heterocycles. The average Bonchev–Trinajstić information content (AvgIpc) is 3.33. The van der Waals surface area contributed by atoms with Crippen LogP contribution in [-0.4, -0.2) is 27.5 Å². The second-order valence-corrected chi connectivity index (χ2v) is 7.77. The minimum atomic E-state index is -0.878. The number of carbonyl (C=O) groups is 1. The molecule has 148 valence electrons. The second-order valence-electron chi connectivity index (χ2n) is 6.45. The first-order valence-corrected chi connectivity index (χ1v) is 9.92. The van der Waals surface area contributed by atoms with E-state index in [1.165, 1.54) is 12.1 Å². The fourth-order valence-electron chi connectivity index (χ4n) is 2.94. The van der Waals surface area contributed by atoms with Gasteiger partial charge in [-0.2, -0.15) is 5.10 Å². The van der Waals surface area contributed by atoms with E-state index in [-0.39, 0.29) is 17.0 Å². The summed E-state index contributed by atoms with van der Waals surface area (Å²) in [6, 6.07) is 13.9. The minimum Gasteiger partial charge on any atom is -0.382 e. The number of hydrogen-bond donors (Lipinski definition) is 1. The van der Waals surface area contributed by atoms with Gasteiger partial charge >= 0.3 is 0 Å². The number of anilines is 1. The summed E-state index contributed by atoms with van der Waals surface area (Å²) in [4.78, 5) is 17.7. The average molecular weight is 478 g/mol. The van der Waals surface area contributed by atoms with E-state index in [0.717, 1.165) is 10.0 Å². The molecule has 0 bridgehead atoms. The van der Waals surface area contributed by atoms with Gasteiger partial charge in [-0.05, 0) is 29.8 Å². The summed E-state index contributed by atoms with van der Waals surface area (Å²) >= 11 is 9.45. The largest absolute Gasteiger partial charge is 0.382 e. The van der Waals surface area contributed by atoms with Gasteiger partial charge < -0.3 is 10.2 Å². The summed E-state index contributed by atoms with van der Waals surface area (Å²) in [5.41, 5.74) is 1.53. The highest BCUT2D eigenvalue weighted by atomic mass is 79.9. The molecule has 1 amide bonds. The smallest absolute Gasteiger partial charge is 0.269 e. The highest BCUT2D eigenvalue weighted by molar-refractivity contribution is 9.10. The van der Waals surface area contributed by atoms with Crippen molar-refractivity contribution in [1.29, 1.82) is 0 Å². The Balaban J connectivity index is 1.37. The molecule has 2 heterocycles. The van der Waals surface area contributed by atoms with E-state index in [1.54, 1.807) is 23.0 Å². The predicted octanol–water partition coefficient (Wildman–Crippen LogP) is 4.62. The van der Waals surface area contributed by atoms with E-state index in [0.29, 0.717) is 18.1 Å². The Labute approximate surface area is 179 Å². The molecule has 1 N–H and O–H groups in total. The SMILES string of the molecule is O=C(Nc1ccn(Cc2ccc(Br)cc2)n1)C1CC(c2c(F)cccc2Cl)=NO1. The molecule has 3 aromatic rings. The van der Waals surface area contributed by atoms with Crippen molar-refractivity contribution in [1.82, 2.24) is 9.78 Å². The zero-order valence-corrected chi connectivity index (χ0v) is 17.3. The van der Waals surface area contributed by atoms with Crippen LogP contribution in [-0.2, 0) is 16.2 Å². The maximum atomic E-state index is 14.0. The van der Waals surface area contributed by atoms with Crippen LogP contribution >= 0.6 is 27.5 Å². The number of oxime groups is 1. The molecule has 0 saturated carbocycles. The number of halogens is 3. The van der Waals surface area contributed by atoms with Gasteiger partial charge in [0.2, 0.25) is 6.10 Å². The summed E-state index contributed by atoms with van der Waals surface area (Å²) in [7, 11) is 0. The Bertz CT molecular complexity index is 1060. The predicted molar refractivity (Wildman–Crippen MR) is 112 cm³/mol. The summed E-state index contributed by atoms with van der Waals surface area (Å²) in [6.07, 6.45) is 1.01. The molecule has 9 heteroatoms. The summed E-state index contributed by atoms with van der Waals surface area (Å²) in [6.45, 7) is 0.572. The van der Waals surface area contributed by atoms with Crippen LogP contribution in [0.1, 0.15) is 17.5 Å². The first-order valence-electron chi connectivity index (χ1n) is 8.75. The van der Waals surface area contributed by atoms with Gasteiger partial charge in [-0.15, -0.1) is 0 Å². The van der Waals surface area contributed by atoms with Crippen LogP contribution in [0.5, 0.6) is 0 Å². The highest BCUT2D eigenvalue weighted by Gasteiger charge is 2.31. The Hall–Kier alpha value is -2.71. The van der Waals surface area contributed by atoms with Crippen LogP contribution in [0.2, 0.25) is 5.02 Å². The van der Waals surface area contributed by atoms with Crippen LogP contribution < -0.4 is 5.32 Å². The standard InChI is InChI=1S/C20H15BrClFN4O2/c21-13-6-4-12(5-7-13)11-27-9-8-18(25-27)24-20(28)17-10-16(26-29-17)19-14(22)2-1-3-15(19)23/h1-9,17H,10-11H2,(H,24,25,28). The number of nitrogens with one attached hydrogen (secondary N) is 1. The van der Waals surface area contributed by atoms with Crippen molar-refractivity contribution in [2.75, 3.05) is 5.32 Å². The number of benzene rings is 2. The van der Waals surface area contributed by atoms with Gasteiger partial charge in [-0.25, -0.2) is 4.39 Å². The van der Waals surface area contributed by atoms with E-state index in [2.05, 4.69) is 31.5 Å². The summed E-state index contributed by atoms with van der Waals surface area (Å²) < 4.78 is 16.8. The fraction of sp³-hybridized carbons (Fsp3) is 0.150. The Morgan fingerprint density at radius 3 is 2.83 bits per heavy atom. The zero-order valence-electron chi connectivity index (χ0n) is 15.0. The summed E-state index contributed by atoms with van der Waals surface area (Å²) in [5.74, 6) is -0.522. The number of amides is 1. The molecule has 1 aromatic heterocycles. The van der Waals surface area contributed by atoms with Gasteiger partial charge in [0, 0.05) is 23.2 Å². The van der Waals surface area contributed by atoms with Crippen molar-refractivity contribution < 1.29 is 14.0 Å². The molecule has 0 aliphatic carbocycles. The number of aromatic nitrogens is 2. The maximum Gasteiger partial charge on any atom is 0.269 e. The Morgan fingerprint density at radius 2 is 2.07 bits per heavy atom. The Kier molecular flexibility index (Phi) is 5.64. The Morgan fingerprint density at radius 1 is 1.28 bits per heavy atom. The normalized spacial score (nSPS) is 15.7. The lowest BCUT2D eigenvalue weighted by atomic mass is 10.0. The van der Waals surface area contributed by atoms with Crippen molar-refractivity contribution in [3.8, 4) is 0 Å². The topological polar surface area (TPSA) is 68.5 Å². The molecular weight excluding hydrogens is 463 g/mol. The van der Waals surface area contributed by atoms with E-state index >= 15 is 0 Å². The van der Waals surface area contributed by atoms with Crippen LogP contribution in [0.4, 0.5) is 10.2 Å². The molecule has 4 rings (SSSR count). The molecule has 0 radical (unpaired) electrons. The van der Waals surface area contributed by atoms with E-state index in [1.807, 2.05) is 24.3 Å². The number of hydrogen-bond acceptors (Lipinski definition) is 4. The van der Waals surface area contributed by atoms with Gasteiger partial charge in [0.05, 0.1) is 22.8 Å². The molecule has 0 spiro atoms. The fourth-order valence-corrected chi connectivity index (χ4v) is 3.48. The van der Waals surface area contributed by atoms with Crippen molar-refractivity contribution >= 4 is 45.0 Å². The lowest BCUT2D eigenvalue weighted by Gasteiger charge is -2.08. The molecule has 1 aliphatic rings. The van der Waals surface area contributed by atoms with Gasteiger partial charge in [0.25, 0.3) is 5.91 Å². The van der Waals surface area contributed by atoms with Crippen LogP contribution in [0.15, 0.2) is 64.4 Å². The van der Waals surface area contributed by atoms with Gasteiger partial charge in [-0.1, -0.05) is 50.9 Å². The van der Waals surface area contributed by atoms with Crippen molar-refractivity contribution in [2.24, 2.45) is 5.16 Å². The highest BCUT2D eigenvalue weighted by Crippen LogP contribution is 2.26. The van der Waals surface area contributed by atoms with Crippen molar-refractivity contribution in [3.63, 3.8) is 0 Å². The number of carbonyl (C=O) groups excluding carboxylic acids is 1. The van der Waals surface area contributed by atoms with Crippen LogP contribution in [0, 0.1) is 5.82 Å². The van der Waals surface area contributed by atoms with Gasteiger partial charge in [0.15, 0.2) is 5.82 Å². The first kappa shape index (κ1) is 19.6. The zero-order chi connectivity index (χ0) is 20.4. The molecule has 29 heavy (non-hydrogen) atoms. The molecule has 1 unspecified atom stereocenters. The number of nitrogens with zero attached hydrogens (tertiary/aromatic N) is 3. The maximum absolute atomic E-state index is 14.0. The van der Waals surface area contributed by atoms with Crippen LogP contribution in [0.25, 0.3) is 0 Å². The first-order chi connectivity index (χ1) is 14.0. The van der Waals surface area contributed by atoms with E-state index < -0.39 is 17.8 Å². The summed E-state index contributed by atoms with van der Waals surface area (Å²) in [5, 5.41) is 11.1. The third kappa shape index (κ3) is 4.49. The van der Waals surface area contributed by atoms with E-state index in [9.17, 15) is 9.18 Å². The molecule has 0 fully saturated rings. The monoisotopic (exact) mass is 476 g/mol. The van der Waals surface area contributed by atoms with Gasteiger partial charge in [0.1, 0.15) is 5.82 Å². The third-order valence-electron chi connectivity index (χ3n) is 4.36. The van der Waals surface area contributed by atoms with Crippen LogP contribution in [0.3, 0.4) is 0 Å². The molecule has 1 atom stereocenters. The second kappa shape index (κ2) is 8.34. The lowest BCUT2D eigenvalue weighted by Crippen LogP contribution is -2.28. The minimum absolute atomic E-state index is 0.117. The third-order valence-corrected chi connectivity index (χ3v) is 5.21. The molecule has 0 saturated heterocycles. The van der Waals surface area contributed by atoms with Crippen molar-refractivity contribution in [2.45, 2.75) is 19.1 Å². The number of rotatable bonds is 5. The molecule has 6 nitrogen and oxygen atoms in total.